The molecule has 2 aromatic carbocycles. The standard InChI is InChI=1S/C14H13BrO3S/c1-10-5-3-4-6-14(10)18-19(16,17)12-7-8-13(15)11(2)9-12/h3-9H,1-2H3. The molecule has 0 saturated carbocycles. The lowest BCUT2D eigenvalue weighted by atomic mass is 10.2. The van der Waals surface area contributed by atoms with Crippen LogP contribution in [0.15, 0.2) is 51.8 Å². The molecule has 0 aliphatic carbocycles. The average molecular weight is 341 g/mol. The van der Waals surface area contributed by atoms with Crippen LogP contribution in [0.4, 0.5) is 0 Å². The second-order valence-electron chi connectivity index (χ2n) is 4.21. The molecule has 5 heteroatoms. The monoisotopic (exact) mass is 340 g/mol. The van der Waals surface area contributed by atoms with Crippen molar-refractivity contribution < 1.29 is 12.6 Å². The summed E-state index contributed by atoms with van der Waals surface area (Å²) < 4.78 is 30.4. The molecule has 0 heterocycles. The highest BCUT2D eigenvalue weighted by Crippen LogP contribution is 2.24. The lowest BCUT2D eigenvalue weighted by Gasteiger charge is -2.10. The summed E-state index contributed by atoms with van der Waals surface area (Å²) in [5.41, 5.74) is 1.62. The van der Waals surface area contributed by atoms with Crippen LogP contribution in [0.25, 0.3) is 0 Å². The second kappa shape index (κ2) is 5.35. The summed E-state index contributed by atoms with van der Waals surface area (Å²) >= 11 is 3.34. The SMILES string of the molecule is Cc1cc(S(=O)(=O)Oc2ccccc2C)ccc1Br. The predicted molar refractivity (Wildman–Crippen MR) is 77.9 cm³/mol. The zero-order valence-corrected chi connectivity index (χ0v) is 13.0. The maximum Gasteiger partial charge on any atom is 0.339 e. The van der Waals surface area contributed by atoms with Crippen LogP contribution in [-0.4, -0.2) is 8.42 Å². The number of hydrogen-bond donors (Lipinski definition) is 0. The van der Waals surface area contributed by atoms with Gasteiger partial charge < -0.3 is 4.18 Å². The highest BCUT2D eigenvalue weighted by Gasteiger charge is 2.18. The van der Waals surface area contributed by atoms with Gasteiger partial charge in [0.1, 0.15) is 10.6 Å². The minimum Gasteiger partial charge on any atom is -0.379 e. The summed E-state index contributed by atoms with van der Waals surface area (Å²) in [6.45, 7) is 3.63. The van der Waals surface area contributed by atoms with Gasteiger partial charge in [-0.25, -0.2) is 0 Å². The maximum absolute atomic E-state index is 12.2. The van der Waals surface area contributed by atoms with E-state index in [9.17, 15) is 8.42 Å². The number of halogens is 1. The molecule has 0 bridgehead atoms. The fourth-order valence-corrected chi connectivity index (χ4v) is 2.91. The summed E-state index contributed by atoms with van der Waals surface area (Å²) in [6.07, 6.45) is 0. The summed E-state index contributed by atoms with van der Waals surface area (Å²) in [6, 6.07) is 11.8. The van der Waals surface area contributed by atoms with Gasteiger partial charge in [0.05, 0.1) is 0 Å². The topological polar surface area (TPSA) is 43.4 Å². The first kappa shape index (κ1) is 14.1. The van der Waals surface area contributed by atoms with E-state index >= 15 is 0 Å². The molecule has 0 unspecified atom stereocenters. The van der Waals surface area contributed by atoms with Gasteiger partial charge in [-0.2, -0.15) is 8.42 Å². The number of hydrogen-bond acceptors (Lipinski definition) is 3. The van der Waals surface area contributed by atoms with Crippen LogP contribution in [0.2, 0.25) is 0 Å². The molecule has 0 aliphatic heterocycles. The van der Waals surface area contributed by atoms with Crippen molar-refractivity contribution in [3.63, 3.8) is 0 Å². The molecule has 0 saturated heterocycles. The molecule has 3 nitrogen and oxygen atoms in total. The van der Waals surface area contributed by atoms with Crippen LogP contribution in [0, 0.1) is 13.8 Å². The van der Waals surface area contributed by atoms with E-state index in [1.54, 1.807) is 37.3 Å². The van der Waals surface area contributed by atoms with E-state index < -0.39 is 10.1 Å². The Kier molecular flexibility index (Phi) is 3.96. The van der Waals surface area contributed by atoms with Crippen molar-refractivity contribution in [2.24, 2.45) is 0 Å². The minimum absolute atomic E-state index is 0.149. The van der Waals surface area contributed by atoms with Crippen molar-refractivity contribution in [1.82, 2.24) is 0 Å². The first-order valence-corrected chi connectivity index (χ1v) is 7.86. The molecule has 19 heavy (non-hydrogen) atoms. The zero-order valence-electron chi connectivity index (χ0n) is 10.6. The van der Waals surface area contributed by atoms with E-state index in [0.717, 1.165) is 15.6 Å². The summed E-state index contributed by atoms with van der Waals surface area (Å²) in [7, 11) is -3.80. The molecule has 0 aromatic heterocycles. The molecule has 0 aliphatic rings. The molecule has 0 N–H and O–H groups in total. The van der Waals surface area contributed by atoms with Gasteiger partial charge >= 0.3 is 10.1 Å². The number of para-hydroxylation sites is 1. The minimum atomic E-state index is -3.80. The third-order valence-corrected chi connectivity index (χ3v) is 4.83. The molecule has 0 amide bonds. The molecular formula is C14H13BrO3S. The Bertz CT molecular complexity index is 708. The van der Waals surface area contributed by atoms with Crippen LogP contribution in [0.3, 0.4) is 0 Å². The highest BCUT2D eigenvalue weighted by atomic mass is 79.9. The Balaban J connectivity index is 2.38. The van der Waals surface area contributed by atoms with Gasteiger partial charge in [0.2, 0.25) is 0 Å². The summed E-state index contributed by atoms with van der Waals surface area (Å²) in [5, 5.41) is 0. The highest BCUT2D eigenvalue weighted by molar-refractivity contribution is 9.10. The fraction of sp³-hybridized carbons (Fsp3) is 0.143. The molecule has 2 aromatic rings. The molecule has 0 radical (unpaired) electrons. The van der Waals surface area contributed by atoms with Crippen LogP contribution in [0.5, 0.6) is 5.75 Å². The summed E-state index contributed by atoms with van der Waals surface area (Å²) in [4.78, 5) is 0.149. The third-order valence-electron chi connectivity index (χ3n) is 2.71. The van der Waals surface area contributed by atoms with Crippen molar-refractivity contribution in [3.05, 3.63) is 58.1 Å². The number of rotatable bonds is 3. The fourth-order valence-electron chi connectivity index (χ4n) is 1.59. The average Bonchev–Trinajstić information content (AvgIpc) is 2.35. The van der Waals surface area contributed by atoms with E-state index in [1.807, 2.05) is 13.0 Å². The summed E-state index contributed by atoms with van der Waals surface area (Å²) in [5.74, 6) is 0.350. The predicted octanol–water partition coefficient (Wildman–Crippen LogP) is 3.83. The quantitative estimate of drug-likeness (QED) is 0.797. The Morgan fingerprint density at radius 3 is 2.32 bits per heavy atom. The molecule has 2 rings (SSSR count). The lowest BCUT2D eigenvalue weighted by molar-refractivity contribution is 0.484. The lowest BCUT2D eigenvalue weighted by Crippen LogP contribution is -2.10. The maximum atomic E-state index is 12.2. The first-order chi connectivity index (χ1) is 8.90. The smallest absolute Gasteiger partial charge is 0.339 e. The van der Waals surface area contributed by atoms with Gasteiger partial charge in [-0.15, -0.1) is 0 Å². The van der Waals surface area contributed by atoms with E-state index in [0.29, 0.717) is 5.75 Å². The van der Waals surface area contributed by atoms with Crippen LogP contribution in [0.1, 0.15) is 11.1 Å². The van der Waals surface area contributed by atoms with Crippen molar-refractivity contribution in [2.45, 2.75) is 18.7 Å². The Morgan fingerprint density at radius 1 is 1.00 bits per heavy atom. The number of aryl methyl sites for hydroxylation is 2. The van der Waals surface area contributed by atoms with Gasteiger partial charge in [0.15, 0.2) is 0 Å². The van der Waals surface area contributed by atoms with Crippen molar-refractivity contribution in [2.75, 3.05) is 0 Å². The van der Waals surface area contributed by atoms with Gasteiger partial charge in [0.25, 0.3) is 0 Å². The number of benzene rings is 2. The van der Waals surface area contributed by atoms with E-state index in [2.05, 4.69) is 15.9 Å². The van der Waals surface area contributed by atoms with E-state index in [-0.39, 0.29) is 4.90 Å². The Morgan fingerprint density at radius 2 is 1.68 bits per heavy atom. The van der Waals surface area contributed by atoms with Gasteiger partial charge in [-0.1, -0.05) is 34.1 Å². The molecule has 0 fully saturated rings. The molecular weight excluding hydrogens is 328 g/mol. The molecule has 100 valence electrons. The van der Waals surface area contributed by atoms with E-state index in [4.69, 9.17) is 4.18 Å². The van der Waals surface area contributed by atoms with Crippen LogP contribution >= 0.6 is 15.9 Å². The van der Waals surface area contributed by atoms with E-state index in [1.165, 1.54) is 6.07 Å². The van der Waals surface area contributed by atoms with Crippen LogP contribution < -0.4 is 4.18 Å². The zero-order chi connectivity index (χ0) is 14.0. The Labute approximate surface area is 121 Å². The van der Waals surface area contributed by atoms with Gasteiger partial charge in [-0.3, -0.25) is 0 Å². The first-order valence-electron chi connectivity index (χ1n) is 5.66. The van der Waals surface area contributed by atoms with Crippen molar-refractivity contribution >= 4 is 26.0 Å². The van der Waals surface area contributed by atoms with Gasteiger partial charge in [-0.05, 0) is 49.2 Å². The van der Waals surface area contributed by atoms with Gasteiger partial charge in [0, 0.05) is 4.47 Å². The third kappa shape index (κ3) is 3.16. The molecule has 0 atom stereocenters. The van der Waals surface area contributed by atoms with Crippen molar-refractivity contribution in [3.8, 4) is 5.75 Å². The molecule has 0 spiro atoms. The van der Waals surface area contributed by atoms with Crippen molar-refractivity contribution in [1.29, 1.82) is 0 Å². The second-order valence-corrected chi connectivity index (χ2v) is 6.61. The van der Waals surface area contributed by atoms with Crippen LogP contribution in [-0.2, 0) is 10.1 Å². The Hall–Kier alpha value is -1.33. The normalized spacial score (nSPS) is 11.3. The largest absolute Gasteiger partial charge is 0.379 e.